The highest BCUT2D eigenvalue weighted by molar-refractivity contribution is 6.30. The number of hydrogen-bond acceptors (Lipinski definition) is 1. The summed E-state index contributed by atoms with van der Waals surface area (Å²) in [6.45, 7) is 5.21. The molecule has 1 aromatic carbocycles. The van der Waals surface area contributed by atoms with E-state index in [4.69, 9.17) is 11.6 Å². The van der Waals surface area contributed by atoms with Crippen LogP contribution in [0, 0.1) is 11.2 Å². The molecule has 1 aliphatic carbocycles. The van der Waals surface area contributed by atoms with E-state index >= 15 is 0 Å². The molecule has 1 saturated carbocycles. The van der Waals surface area contributed by atoms with E-state index in [-0.39, 0.29) is 5.82 Å². The first-order valence-electron chi connectivity index (χ1n) is 6.64. The largest absolute Gasteiger partial charge is 0.310 e. The molecule has 1 nitrogen and oxygen atoms in total. The molecule has 1 fully saturated rings. The molecule has 100 valence electrons. The Balaban J connectivity index is 1.91. The van der Waals surface area contributed by atoms with Crippen molar-refractivity contribution in [1.29, 1.82) is 0 Å². The summed E-state index contributed by atoms with van der Waals surface area (Å²) in [5, 5.41) is 3.92. The molecule has 1 unspecified atom stereocenters. The maximum absolute atomic E-state index is 13.6. The van der Waals surface area contributed by atoms with Crippen LogP contribution >= 0.6 is 11.6 Å². The Morgan fingerprint density at radius 3 is 2.89 bits per heavy atom. The molecule has 0 heterocycles. The van der Waals surface area contributed by atoms with E-state index in [2.05, 4.69) is 19.2 Å². The molecule has 0 radical (unpaired) electrons. The monoisotopic (exact) mass is 269 g/mol. The van der Waals surface area contributed by atoms with Crippen LogP contribution in [0.15, 0.2) is 18.2 Å². The Hall–Kier alpha value is -0.600. The molecule has 1 atom stereocenters. The van der Waals surface area contributed by atoms with Gasteiger partial charge < -0.3 is 5.32 Å². The lowest BCUT2D eigenvalue weighted by atomic mass is 9.75. The van der Waals surface area contributed by atoms with Crippen molar-refractivity contribution in [1.82, 2.24) is 5.32 Å². The van der Waals surface area contributed by atoms with Crippen molar-refractivity contribution < 1.29 is 4.39 Å². The molecule has 1 aromatic rings. The van der Waals surface area contributed by atoms with E-state index in [1.54, 1.807) is 12.1 Å². The van der Waals surface area contributed by atoms with Gasteiger partial charge in [-0.05, 0) is 36.8 Å². The van der Waals surface area contributed by atoms with E-state index in [0.717, 1.165) is 0 Å². The topological polar surface area (TPSA) is 12.0 Å². The van der Waals surface area contributed by atoms with Crippen LogP contribution < -0.4 is 5.32 Å². The number of halogens is 2. The number of benzene rings is 1. The van der Waals surface area contributed by atoms with Crippen molar-refractivity contribution >= 4 is 11.6 Å². The number of hydrogen-bond donors (Lipinski definition) is 1. The number of rotatable bonds is 3. The van der Waals surface area contributed by atoms with E-state index in [9.17, 15) is 4.39 Å². The van der Waals surface area contributed by atoms with Crippen molar-refractivity contribution in [3.8, 4) is 0 Å². The molecule has 0 amide bonds. The van der Waals surface area contributed by atoms with Gasteiger partial charge in [-0.2, -0.15) is 0 Å². The summed E-state index contributed by atoms with van der Waals surface area (Å²) < 4.78 is 13.6. The van der Waals surface area contributed by atoms with Crippen LogP contribution in [0.25, 0.3) is 0 Å². The van der Waals surface area contributed by atoms with Crippen molar-refractivity contribution in [2.24, 2.45) is 5.41 Å². The molecular weight excluding hydrogens is 249 g/mol. The average molecular weight is 270 g/mol. The van der Waals surface area contributed by atoms with Crippen LogP contribution in [-0.2, 0) is 6.54 Å². The molecule has 3 heteroatoms. The average Bonchev–Trinajstić information content (AvgIpc) is 2.26. The first-order chi connectivity index (χ1) is 8.46. The van der Waals surface area contributed by atoms with E-state index < -0.39 is 0 Å². The molecule has 0 aromatic heterocycles. The Kier molecular flexibility index (Phi) is 4.29. The summed E-state index contributed by atoms with van der Waals surface area (Å²) in [6, 6.07) is 5.39. The van der Waals surface area contributed by atoms with Crippen LogP contribution in [0.3, 0.4) is 0 Å². The van der Waals surface area contributed by atoms with Gasteiger partial charge in [-0.15, -0.1) is 0 Å². The van der Waals surface area contributed by atoms with Gasteiger partial charge in [-0.25, -0.2) is 4.39 Å². The predicted molar refractivity (Wildman–Crippen MR) is 74.3 cm³/mol. The lowest BCUT2D eigenvalue weighted by Crippen LogP contribution is -2.37. The van der Waals surface area contributed by atoms with Gasteiger partial charge in [0, 0.05) is 23.2 Å². The smallest absolute Gasteiger partial charge is 0.129 e. The first-order valence-corrected chi connectivity index (χ1v) is 7.01. The zero-order valence-corrected chi connectivity index (χ0v) is 11.9. The molecule has 0 saturated heterocycles. The normalized spacial score (nSPS) is 23.0. The molecule has 0 bridgehead atoms. The van der Waals surface area contributed by atoms with Gasteiger partial charge in [-0.3, -0.25) is 0 Å². The lowest BCUT2D eigenvalue weighted by Gasteiger charge is -2.35. The minimum absolute atomic E-state index is 0.218. The molecule has 0 spiro atoms. The molecule has 0 aliphatic heterocycles. The third-order valence-corrected chi connectivity index (χ3v) is 4.04. The Bertz CT molecular complexity index is 417. The predicted octanol–water partition coefficient (Wildman–Crippen LogP) is 4.54. The van der Waals surface area contributed by atoms with Gasteiger partial charge in [0.1, 0.15) is 5.82 Å². The SMILES string of the molecule is CC1(C)CCCC(NCc2ccc(Cl)cc2F)C1. The maximum atomic E-state index is 13.6. The zero-order chi connectivity index (χ0) is 13.2. The summed E-state index contributed by atoms with van der Waals surface area (Å²) >= 11 is 5.74. The van der Waals surface area contributed by atoms with E-state index in [0.29, 0.717) is 28.6 Å². The fourth-order valence-electron chi connectivity index (χ4n) is 2.79. The second-order valence-electron chi connectivity index (χ2n) is 6.07. The second kappa shape index (κ2) is 5.58. The van der Waals surface area contributed by atoms with E-state index in [1.807, 2.05) is 0 Å². The maximum Gasteiger partial charge on any atom is 0.129 e. The molecule has 1 N–H and O–H groups in total. The van der Waals surface area contributed by atoms with Crippen LogP contribution in [0.2, 0.25) is 5.02 Å². The van der Waals surface area contributed by atoms with Crippen LogP contribution in [0.4, 0.5) is 4.39 Å². The molecule has 18 heavy (non-hydrogen) atoms. The summed E-state index contributed by atoms with van der Waals surface area (Å²) in [7, 11) is 0. The van der Waals surface area contributed by atoms with E-state index in [1.165, 1.54) is 31.7 Å². The fraction of sp³-hybridized carbons (Fsp3) is 0.600. The Labute approximate surface area is 114 Å². The Morgan fingerprint density at radius 2 is 2.22 bits per heavy atom. The van der Waals surface area contributed by atoms with Gasteiger partial charge >= 0.3 is 0 Å². The lowest BCUT2D eigenvalue weighted by molar-refractivity contribution is 0.197. The molecule has 2 rings (SSSR count). The standard InChI is InChI=1S/C15H21ClFN/c1-15(2)7-3-4-13(9-15)18-10-11-5-6-12(16)8-14(11)17/h5-6,8,13,18H,3-4,7,9-10H2,1-2H3. The van der Waals surface area contributed by atoms with Gasteiger partial charge in [0.25, 0.3) is 0 Å². The minimum atomic E-state index is -0.218. The third kappa shape index (κ3) is 3.69. The summed E-state index contributed by atoms with van der Waals surface area (Å²) in [6.07, 6.45) is 4.91. The molecule has 1 aliphatic rings. The highest BCUT2D eigenvalue weighted by Crippen LogP contribution is 2.35. The first kappa shape index (κ1) is 13.8. The molecular formula is C15H21ClFN. The number of nitrogens with one attached hydrogen (secondary N) is 1. The highest BCUT2D eigenvalue weighted by atomic mass is 35.5. The van der Waals surface area contributed by atoms with Crippen molar-refractivity contribution in [3.63, 3.8) is 0 Å². The van der Waals surface area contributed by atoms with Crippen molar-refractivity contribution in [2.75, 3.05) is 0 Å². The summed E-state index contributed by atoms with van der Waals surface area (Å²) in [5.74, 6) is -0.218. The van der Waals surface area contributed by atoms with Gasteiger partial charge in [0.2, 0.25) is 0 Å². The van der Waals surface area contributed by atoms with Crippen molar-refractivity contribution in [2.45, 2.75) is 52.1 Å². The summed E-state index contributed by atoms with van der Waals surface area (Å²) in [4.78, 5) is 0. The quantitative estimate of drug-likeness (QED) is 0.850. The van der Waals surface area contributed by atoms with Gasteiger partial charge in [0.05, 0.1) is 0 Å². The highest BCUT2D eigenvalue weighted by Gasteiger charge is 2.27. The van der Waals surface area contributed by atoms with Gasteiger partial charge in [-0.1, -0.05) is 37.9 Å². The van der Waals surface area contributed by atoms with Crippen LogP contribution in [0.5, 0.6) is 0 Å². The fourth-order valence-corrected chi connectivity index (χ4v) is 2.95. The minimum Gasteiger partial charge on any atom is -0.310 e. The van der Waals surface area contributed by atoms with Crippen LogP contribution in [0.1, 0.15) is 45.1 Å². The Morgan fingerprint density at radius 1 is 1.44 bits per heavy atom. The van der Waals surface area contributed by atoms with Gasteiger partial charge in [0.15, 0.2) is 0 Å². The van der Waals surface area contributed by atoms with Crippen molar-refractivity contribution in [3.05, 3.63) is 34.6 Å². The second-order valence-corrected chi connectivity index (χ2v) is 6.51. The third-order valence-electron chi connectivity index (χ3n) is 3.80. The van der Waals surface area contributed by atoms with Crippen LogP contribution in [-0.4, -0.2) is 6.04 Å². The summed E-state index contributed by atoms with van der Waals surface area (Å²) in [5.41, 5.74) is 1.11. The zero-order valence-electron chi connectivity index (χ0n) is 11.1.